The lowest BCUT2D eigenvalue weighted by atomic mass is 10.3. The first-order valence-electron chi connectivity index (χ1n) is 6.19. The molecule has 0 aliphatic rings. The SMILES string of the molecule is O=C(CSCc1ccc(Cl)s1)Nc1ccc(OC(F)F)cc1. The number of anilines is 1. The van der Waals surface area contributed by atoms with E-state index in [4.69, 9.17) is 11.6 Å². The average Bonchev–Trinajstić information content (AvgIpc) is 2.86. The number of hydrogen-bond donors (Lipinski definition) is 1. The third-order valence-electron chi connectivity index (χ3n) is 2.47. The van der Waals surface area contributed by atoms with Crippen LogP contribution >= 0.6 is 34.7 Å². The van der Waals surface area contributed by atoms with E-state index in [9.17, 15) is 13.6 Å². The highest BCUT2D eigenvalue weighted by Crippen LogP contribution is 2.25. The zero-order chi connectivity index (χ0) is 15.9. The minimum Gasteiger partial charge on any atom is -0.435 e. The highest BCUT2D eigenvalue weighted by Gasteiger charge is 2.06. The normalized spacial score (nSPS) is 10.7. The quantitative estimate of drug-likeness (QED) is 0.762. The first-order valence-corrected chi connectivity index (χ1v) is 8.54. The second-order valence-electron chi connectivity index (χ2n) is 4.15. The van der Waals surface area contributed by atoms with E-state index in [0.29, 0.717) is 17.2 Å². The van der Waals surface area contributed by atoms with E-state index in [1.807, 2.05) is 12.1 Å². The van der Waals surface area contributed by atoms with Crippen LogP contribution < -0.4 is 10.1 Å². The number of rotatable bonds is 7. The number of amides is 1. The predicted octanol–water partition coefficient (Wildman–Crippen LogP) is 4.87. The van der Waals surface area contributed by atoms with Crippen LogP contribution in [0.5, 0.6) is 5.75 Å². The molecule has 8 heteroatoms. The number of thiophene rings is 1. The van der Waals surface area contributed by atoms with Crippen molar-refractivity contribution in [2.75, 3.05) is 11.1 Å². The van der Waals surface area contributed by atoms with Crippen molar-refractivity contribution in [3.8, 4) is 5.75 Å². The van der Waals surface area contributed by atoms with Gasteiger partial charge in [0.2, 0.25) is 5.91 Å². The van der Waals surface area contributed by atoms with Crippen LogP contribution in [0.4, 0.5) is 14.5 Å². The molecule has 0 aliphatic carbocycles. The van der Waals surface area contributed by atoms with Gasteiger partial charge >= 0.3 is 6.61 Å². The zero-order valence-corrected chi connectivity index (χ0v) is 13.6. The Kier molecular flexibility index (Phi) is 6.48. The van der Waals surface area contributed by atoms with Gasteiger partial charge in [0.15, 0.2) is 0 Å². The number of thioether (sulfide) groups is 1. The summed E-state index contributed by atoms with van der Waals surface area (Å²) in [6.07, 6.45) is 0. The van der Waals surface area contributed by atoms with E-state index in [-0.39, 0.29) is 11.7 Å². The van der Waals surface area contributed by atoms with Gasteiger partial charge in [0, 0.05) is 16.3 Å². The fraction of sp³-hybridized carbons (Fsp3) is 0.214. The van der Waals surface area contributed by atoms with Gasteiger partial charge in [-0.05, 0) is 36.4 Å². The Hall–Kier alpha value is -1.31. The van der Waals surface area contributed by atoms with E-state index in [1.54, 1.807) is 0 Å². The fourth-order valence-corrected chi connectivity index (χ4v) is 3.62. The van der Waals surface area contributed by atoms with Crippen molar-refractivity contribution in [1.29, 1.82) is 0 Å². The summed E-state index contributed by atoms with van der Waals surface area (Å²) in [6, 6.07) is 9.54. The third kappa shape index (κ3) is 5.82. The van der Waals surface area contributed by atoms with E-state index >= 15 is 0 Å². The van der Waals surface area contributed by atoms with Crippen LogP contribution in [0.15, 0.2) is 36.4 Å². The first kappa shape index (κ1) is 17.1. The molecule has 0 bridgehead atoms. The van der Waals surface area contributed by atoms with Gasteiger partial charge in [-0.3, -0.25) is 4.79 Å². The van der Waals surface area contributed by atoms with Crippen molar-refractivity contribution in [3.05, 3.63) is 45.6 Å². The van der Waals surface area contributed by atoms with Crippen LogP contribution in [0.2, 0.25) is 4.34 Å². The second-order valence-corrected chi connectivity index (χ2v) is 6.93. The van der Waals surface area contributed by atoms with Crippen LogP contribution in [0.3, 0.4) is 0 Å². The lowest BCUT2D eigenvalue weighted by Crippen LogP contribution is -2.14. The topological polar surface area (TPSA) is 38.3 Å². The largest absolute Gasteiger partial charge is 0.435 e. The first-order chi connectivity index (χ1) is 10.5. The van der Waals surface area contributed by atoms with Gasteiger partial charge in [-0.1, -0.05) is 11.6 Å². The molecule has 1 N–H and O–H groups in total. The molecule has 22 heavy (non-hydrogen) atoms. The molecule has 0 unspecified atom stereocenters. The molecule has 1 aromatic carbocycles. The summed E-state index contributed by atoms with van der Waals surface area (Å²) < 4.78 is 29.0. The molecule has 0 saturated carbocycles. The van der Waals surface area contributed by atoms with Crippen molar-refractivity contribution in [2.24, 2.45) is 0 Å². The van der Waals surface area contributed by atoms with Gasteiger partial charge < -0.3 is 10.1 Å². The Morgan fingerprint density at radius 2 is 2.00 bits per heavy atom. The van der Waals surface area contributed by atoms with Crippen molar-refractivity contribution in [1.82, 2.24) is 0 Å². The highest BCUT2D eigenvalue weighted by molar-refractivity contribution is 7.99. The number of carbonyl (C=O) groups excluding carboxylic acids is 1. The van der Waals surface area contributed by atoms with Crippen molar-refractivity contribution < 1.29 is 18.3 Å². The standard InChI is InChI=1S/C14H12ClF2NO2S2/c15-12-6-5-11(22-12)7-21-8-13(19)18-9-1-3-10(4-2-9)20-14(16)17/h1-6,14H,7-8H2,(H,18,19). The van der Waals surface area contributed by atoms with Crippen molar-refractivity contribution in [3.63, 3.8) is 0 Å². The summed E-state index contributed by atoms with van der Waals surface area (Å²) in [7, 11) is 0. The molecule has 1 amide bonds. The number of benzene rings is 1. The number of hydrogen-bond acceptors (Lipinski definition) is 4. The van der Waals surface area contributed by atoms with Crippen LogP contribution in [-0.4, -0.2) is 18.3 Å². The van der Waals surface area contributed by atoms with Crippen molar-refractivity contribution in [2.45, 2.75) is 12.4 Å². The van der Waals surface area contributed by atoms with Crippen molar-refractivity contribution >= 4 is 46.3 Å². The Bertz CT molecular complexity index is 620. The fourth-order valence-electron chi connectivity index (χ4n) is 1.59. The van der Waals surface area contributed by atoms with E-state index in [1.165, 1.54) is 47.4 Å². The maximum absolute atomic E-state index is 12.0. The summed E-state index contributed by atoms with van der Waals surface area (Å²) in [4.78, 5) is 12.9. The number of carbonyl (C=O) groups is 1. The van der Waals surface area contributed by atoms with Crippen LogP contribution in [0, 0.1) is 0 Å². The lowest BCUT2D eigenvalue weighted by Gasteiger charge is -2.07. The van der Waals surface area contributed by atoms with Crippen LogP contribution in [0.1, 0.15) is 4.88 Å². The molecule has 1 aromatic heterocycles. The number of halogens is 3. The van der Waals surface area contributed by atoms with Gasteiger partial charge in [0.1, 0.15) is 5.75 Å². The molecule has 0 fully saturated rings. The molecule has 3 nitrogen and oxygen atoms in total. The molecule has 2 rings (SSSR count). The molecule has 118 valence electrons. The molecule has 1 heterocycles. The molecule has 0 atom stereocenters. The molecule has 0 radical (unpaired) electrons. The highest BCUT2D eigenvalue weighted by atomic mass is 35.5. The summed E-state index contributed by atoms with van der Waals surface area (Å²) in [5.74, 6) is 0.906. The summed E-state index contributed by atoms with van der Waals surface area (Å²) >= 11 is 8.79. The van der Waals surface area contributed by atoms with Crippen LogP contribution in [-0.2, 0) is 10.5 Å². The van der Waals surface area contributed by atoms with Gasteiger partial charge in [-0.2, -0.15) is 8.78 Å². The number of ether oxygens (including phenoxy) is 1. The molecule has 2 aromatic rings. The van der Waals surface area contributed by atoms with E-state index in [0.717, 1.165) is 9.21 Å². The smallest absolute Gasteiger partial charge is 0.387 e. The summed E-state index contributed by atoms with van der Waals surface area (Å²) in [6.45, 7) is -2.86. The van der Waals surface area contributed by atoms with Gasteiger partial charge in [0.25, 0.3) is 0 Å². The Labute approximate surface area is 139 Å². The summed E-state index contributed by atoms with van der Waals surface area (Å²) in [5, 5.41) is 2.69. The summed E-state index contributed by atoms with van der Waals surface area (Å²) in [5.41, 5.74) is 0.534. The molecular formula is C14H12ClF2NO2S2. The van der Waals surface area contributed by atoms with Gasteiger partial charge in [-0.15, -0.1) is 23.1 Å². The Balaban J connectivity index is 1.74. The van der Waals surface area contributed by atoms with Crippen LogP contribution in [0.25, 0.3) is 0 Å². The zero-order valence-electron chi connectivity index (χ0n) is 11.2. The lowest BCUT2D eigenvalue weighted by molar-refractivity contribution is -0.113. The number of nitrogens with one attached hydrogen (secondary N) is 1. The average molecular weight is 364 g/mol. The molecule has 0 saturated heterocycles. The Morgan fingerprint density at radius 1 is 1.27 bits per heavy atom. The van der Waals surface area contributed by atoms with Gasteiger partial charge in [-0.25, -0.2) is 0 Å². The maximum atomic E-state index is 12.0. The molecule has 0 spiro atoms. The van der Waals surface area contributed by atoms with E-state index < -0.39 is 6.61 Å². The maximum Gasteiger partial charge on any atom is 0.387 e. The van der Waals surface area contributed by atoms with E-state index in [2.05, 4.69) is 10.1 Å². The minimum absolute atomic E-state index is 0.0527. The van der Waals surface area contributed by atoms with Gasteiger partial charge in [0.05, 0.1) is 10.1 Å². The predicted molar refractivity (Wildman–Crippen MR) is 87.2 cm³/mol. The molecule has 0 aliphatic heterocycles. The monoisotopic (exact) mass is 363 g/mol. The minimum atomic E-state index is -2.86. The number of alkyl halides is 2. The third-order valence-corrected chi connectivity index (χ3v) is 4.86. The Morgan fingerprint density at radius 3 is 2.59 bits per heavy atom. The molecular weight excluding hydrogens is 352 g/mol. The second kappa shape index (κ2) is 8.36.